The number of rotatable bonds is 0. The summed E-state index contributed by atoms with van der Waals surface area (Å²) in [6.07, 6.45) is 0.423. The molecule has 86 valence electrons. The van der Waals surface area contributed by atoms with E-state index in [1.165, 1.54) is 23.0 Å². The maximum atomic E-state index is 12.3. The van der Waals surface area contributed by atoms with E-state index in [0.29, 0.717) is 5.56 Å². The number of benzene rings is 1. The monoisotopic (exact) mass is 236 g/mol. The Bertz CT molecular complexity index is 542. The van der Waals surface area contributed by atoms with Gasteiger partial charge in [-0.25, -0.2) is 4.98 Å². The normalized spacial score (nSPS) is 10.8. The van der Waals surface area contributed by atoms with Crippen LogP contribution >= 0.6 is 0 Å². The van der Waals surface area contributed by atoms with E-state index in [-0.39, 0.29) is 0 Å². The highest BCUT2D eigenvalue weighted by atomic mass is 19.4. The van der Waals surface area contributed by atoms with E-state index in [0.717, 1.165) is 12.1 Å². The van der Waals surface area contributed by atoms with E-state index < -0.39 is 11.7 Å². The molecule has 0 bridgehead atoms. The summed E-state index contributed by atoms with van der Waals surface area (Å²) < 4.78 is 38.4. The topological polar surface area (TPSA) is 17.8 Å². The third-order valence-corrected chi connectivity index (χ3v) is 2.05. The lowest BCUT2D eigenvalue weighted by molar-refractivity contribution is -0.137. The number of alkyl halides is 3. The fourth-order valence-electron chi connectivity index (χ4n) is 1.20. The first kappa shape index (κ1) is 11.3. The third kappa shape index (κ3) is 2.88. The van der Waals surface area contributed by atoms with Gasteiger partial charge in [-0.2, -0.15) is 13.2 Å². The van der Waals surface area contributed by atoms with Crippen molar-refractivity contribution in [2.45, 2.75) is 6.18 Å². The molecular formula is C12H7F3N2. The van der Waals surface area contributed by atoms with Crippen LogP contribution in [0, 0.1) is 12.0 Å². The minimum atomic E-state index is -4.31. The molecule has 2 rings (SSSR count). The minimum absolute atomic E-state index is 0.520. The van der Waals surface area contributed by atoms with E-state index in [2.05, 4.69) is 16.9 Å². The number of aromatic nitrogens is 2. The number of hydrogen-bond acceptors (Lipinski definition) is 1. The predicted molar refractivity (Wildman–Crippen MR) is 55.9 cm³/mol. The minimum Gasteiger partial charge on any atom is -0.265 e. The molecule has 0 N–H and O–H groups in total. The van der Waals surface area contributed by atoms with Crippen LogP contribution in [-0.2, 0) is 6.18 Å². The van der Waals surface area contributed by atoms with Gasteiger partial charge in [-0.3, -0.25) is 4.57 Å². The molecule has 0 saturated carbocycles. The predicted octanol–water partition coefficient (Wildman–Crippen LogP) is 2.76. The Morgan fingerprint density at radius 3 is 2.35 bits per heavy atom. The van der Waals surface area contributed by atoms with Crippen LogP contribution in [0.3, 0.4) is 0 Å². The molecule has 2 nitrogen and oxygen atoms in total. The molecule has 0 radical (unpaired) electrons. The van der Waals surface area contributed by atoms with Crippen molar-refractivity contribution in [1.82, 2.24) is 9.55 Å². The Kier molecular flexibility index (Phi) is 2.88. The van der Waals surface area contributed by atoms with Gasteiger partial charge in [-0.1, -0.05) is 0 Å². The van der Waals surface area contributed by atoms with Crippen LogP contribution in [0.4, 0.5) is 13.2 Å². The van der Waals surface area contributed by atoms with Crippen molar-refractivity contribution >= 4 is 0 Å². The lowest BCUT2D eigenvalue weighted by Gasteiger charge is -2.05. The summed E-state index contributed by atoms with van der Waals surface area (Å²) in [7, 11) is 0. The van der Waals surface area contributed by atoms with E-state index in [1.807, 2.05) is 0 Å². The average Bonchev–Trinajstić information content (AvgIpc) is 2.78. The van der Waals surface area contributed by atoms with Gasteiger partial charge in [0.1, 0.15) is 6.33 Å². The highest BCUT2D eigenvalue weighted by molar-refractivity contribution is 5.36. The maximum Gasteiger partial charge on any atom is 0.416 e. The van der Waals surface area contributed by atoms with Crippen LogP contribution in [0.15, 0.2) is 43.0 Å². The van der Waals surface area contributed by atoms with Crippen LogP contribution in [0.1, 0.15) is 11.1 Å². The fraction of sp³-hybridized carbons (Fsp3) is 0.0833. The highest BCUT2D eigenvalue weighted by Gasteiger charge is 2.29. The van der Waals surface area contributed by atoms with Crippen molar-refractivity contribution in [2.24, 2.45) is 0 Å². The first-order valence-corrected chi connectivity index (χ1v) is 4.73. The largest absolute Gasteiger partial charge is 0.416 e. The quantitative estimate of drug-likeness (QED) is 0.643. The number of nitrogens with zero attached hydrogens (tertiary/aromatic N) is 2. The molecule has 0 spiro atoms. The van der Waals surface area contributed by atoms with Gasteiger partial charge in [0, 0.05) is 24.0 Å². The van der Waals surface area contributed by atoms with Crippen LogP contribution < -0.4 is 0 Å². The van der Waals surface area contributed by atoms with Crippen molar-refractivity contribution < 1.29 is 13.2 Å². The Balaban J connectivity index is 2.19. The van der Waals surface area contributed by atoms with E-state index in [1.54, 1.807) is 12.4 Å². The van der Waals surface area contributed by atoms with Crippen molar-refractivity contribution in [3.63, 3.8) is 0 Å². The van der Waals surface area contributed by atoms with Crippen molar-refractivity contribution in [1.29, 1.82) is 0 Å². The van der Waals surface area contributed by atoms with Crippen molar-refractivity contribution in [2.75, 3.05) is 0 Å². The Labute approximate surface area is 95.7 Å². The third-order valence-electron chi connectivity index (χ3n) is 2.05. The molecule has 0 amide bonds. The standard InChI is InChI=1S/C12H7F3N2/c13-12(14,15)11-3-1-10(2-4-11)5-7-17-8-6-16-9-17/h1-4,6,8-9H. The van der Waals surface area contributed by atoms with E-state index >= 15 is 0 Å². The molecule has 5 heteroatoms. The highest BCUT2D eigenvalue weighted by Crippen LogP contribution is 2.28. The second-order valence-corrected chi connectivity index (χ2v) is 3.28. The van der Waals surface area contributed by atoms with Crippen molar-refractivity contribution in [3.8, 4) is 12.0 Å². The molecule has 1 aromatic carbocycles. The smallest absolute Gasteiger partial charge is 0.265 e. The Hall–Kier alpha value is -2.22. The molecule has 17 heavy (non-hydrogen) atoms. The van der Waals surface area contributed by atoms with Crippen LogP contribution in [0.25, 0.3) is 0 Å². The fourth-order valence-corrected chi connectivity index (χ4v) is 1.20. The summed E-state index contributed by atoms with van der Waals surface area (Å²) in [6, 6.07) is 7.43. The molecule has 1 aromatic heterocycles. The molecule has 0 aliphatic heterocycles. The lowest BCUT2D eigenvalue weighted by Crippen LogP contribution is -2.04. The Morgan fingerprint density at radius 1 is 1.12 bits per heavy atom. The first-order valence-electron chi connectivity index (χ1n) is 4.73. The Morgan fingerprint density at radius 2 is 1.82 bits per heavy atom. The van der Waals surface area contributed by atoms with Gasteiger partial charge in [0.05, 0.1) is 5.56 Å². The zero-order chi connectivity index (χ0) is 12.3. The molecule has 0 aliphatic carbocycles. The summed E-state index contributed by atoms with van der Waals surface area (Å²) in [5.74, 6) is 2.73. The first-order chi connectivity index (χ1) is 8.05. The summed E-state index contributed by atoms with van der Waals surface area (Å²) in [6.45, 7) is 0. The molecule has 0 unspecified atom stereocenters. The van der Waals surface area contributed by atoms with E-state index in [4.69, 9.17) is 0 Å². The molecule has 0 aliphatic rings. The van der Waals surface area contributed by atoms with Gasteiger partial charge in [-0.15, -0.1) is 0 Å². The van der Waals surface area contributed by atoms with Gasteiger partial charge in [0.2, 0.25) is 0 Å². The van der Waals surface area contributed by atoms with Crippen LogP contribution in [0.2, 0.25) is 0 Å². The average molecular weight is 236 g/mol. The van der Waals surface area contributed by atoms with Gasteiger partial charge in [-0.05, 0) is 30.2 Å². The number of imidazole rings is 1. The summed E-state index contributed by atoms with van der Waals surface area (Å²) in [5.41, 5.74) is -0.155. The van der Waals surface area contributed by atoms with Crippen LogP contribution in [0.5, 0.6) is 0 Å². The van der Waals surface area contributed by atoms with Crippen LogP contribution in [-0.4, -0.2) is 9.55 Å². The van der Waals surface area contributed by atoms with Gasteiger partial charge < -0.3 is 0 Å². The molecule has 0 saturated heterocycles. The maximum absolute atomic E-state index is 12.3. The summed E-state index contributed by atoms with van der Waals surface area (Å²) in [5, 5.41) is 0. The molecule has 1 heterocycles. The van der Waals surface area contributed by atoms with Gasteiger partial charge in [0.15, 0.2) is 0 Å². The SMILES string of the molecule is FC(F)(F)c1ccc(C#Cn2ccnc2)cc1. The van der Waals surface area contributed by atoms with Gasteiger partial charge in [0.25, 0.3) is 0 Å². The van der Waals surface area contributed by atoms with Gasteiger partial charge >= 0.3 is 6.18 Å². The summed E-state index contributed by atoms with van der Waals surface area (Å²) >= 11 is 0. The van der Waals surface area contributed by atoms with Crippen molar-refractivity contribution in [3.05, 3.63) is 54.1 Å². The number of halogens is 3. The lowest BCUT2D eigenvalue weighted by atomic mass is 10.1. The zero-order valence-electron chi connectivity index (χ0n) is 8.57. The summed E-state index contributed by atoms with van der Waals surface area (Å²) in [4.78, 5) is 3.79. The molecule has 2 aromatic rings. The molecule has 0 atom stereocenters. The second kappa shape index (κ2) is 4.34. The number of hydrogen-bond donors (Lipinski definition) is 0. The molecule has 0 fully saturated rings. The second-order valence-electron chi connectivity index (χ2n) is 3.28. The molecular weight excluding hydrogens is 229 g/mol. The zero-order valence-corrected chi connectivity index (χ0v) is 8.57. The van der Waals surface area contributed by atoms with E-state index in [9.17, 15) is 13.2 Å².